The van der Waals surface area contributed by atoms with Gasteiger partial charge in [0.15, 0.2) is 0 Å². The van der Waals surface area contributed by atoms with Crippen molar-refractivity contribution in [3.05, 3.63) is 45.2 Å². The minimum absolute atomic E-state index is 0.0306. The van der Waals surface area contributed by atoms with Crippen LogP contribution < -0.4 is 5.32 Å². The average Bonchev–Trinajstić information content (AvgIpc) is 2.97. The minimum atomic E-state index is -1.19. The van der Waals surface area contributed by atoms with Crippen LogP contribution in [0.3, 0.4) is 0 Å². The second kappa shape index (κ2) is 10.6. The van der Waals surface area contributed by atoms with Gasteiger partial charge in [0.25, 0.3) is 0 Å². The van der Waals surface area contributed by atoms with Gasteiger partial charge < -0.3 is 30.7 Å². The maximum absolute atomic E-state index is 11.3. The standard InChI is InChI=1S/C16H19ClN2O5.CO2/c1-18-4-12-13(14(17)15(19-12)16(23)24)9-3-2-8(5-20)10(6-21)11(9)7-22;2-1-3/h2-3,18-22H,4-7H2,1H3,(H,23,24);. The zero-order valence-electron chi connectivity index (χ0n) is 14.4. The molecule has 2 aromatic rings. The molecule has 0 radical (unpaired) electrons. The molecule has 27 heavy (non-hydrogen) atoms. The molecule has 0 fully saturated rings. The largest absolute Gasteiger partial charge is 0.477 e. The summed E-state index contributed by atoms with van der Waals surface area (Å²) >= 11 is 6.26. The summed E-state index contributed by atoms with van der Waals surface area (Å²) in [5.74, 6) is -1.19. The molecular formula is C17H19ClN2O7. The average molecular weight is 399 g/mol. The number of aliphatic hydroxyl groups is 3. The van der Waals surface area contributed by atoms with Crippen LogP contribution in [-0.2, 0) is 36.0 Å². The third kappa shape index (κ3) is 4.81. The number of aromatic amines is 1. The molecule has 0 spiro atoms. The lowest BCUT2D eigenvalue weighted by atomic mass is 9.92. The Kier molecular flexibility index (Phi) is 8.83. The molecule has 6 N–H and O–H groups in total. The van der Waals surface area contributed by atoms with Crippen molar-refractivity contribution in [1.82, 2.24) is 10.3 Å². The Labute approximate surface area is 159 Å². The number of aliphatic hydroxyl groups excluding tert-OH is 3. The summed E-state index contributed by atoms with van der Waals surface area (Å²) < 4.78 is 0. The summed E-state index contributed by atoms with van der Waals surface area (Å²) in [5.41, 5.74) is 2.67. The van der Waals surface area contributed by atoms with E-state index in [1.807, 2.05) is 0 Å². The number of hydrogen-bond donors (Lipinski definition) is 6. The molecule has 0 aliphatic heterocycles. The van der Waals surface area contributed by atoms with Gasteiger partial charge in [-0.1, -0.05) is 23.7 Å². The number of halogens is 1. The molecule has 0 aliphatic rings. The number of aromatic nitrogens is 1. The van der Waals surface area contributed by atoms with Gasteiger partial charge in [0.05, 0.1) is 24.8 Å². The smallest absolute Gasteiger partial charge is 0.373 e. The number of aromatic carboxylic acids is 1. The van der Waals surface area contributed by atoms with Gasteiger partial charge in [0.1, 0.15) is 5.69 Å². The van der Waals surface area contributed by atoms with Crippen LogP contribution in [0.1, 0.15) is 32.9 Å². The number of nitrogens with one attached hydrogen (secondary N) is 2. The Balaban J connectivity index is 0.00000114. The fourth-order valence-electron chi connectivity index (χ4n) is 2.76. The second-order valence-corrected chi connectivity index (χ2v) is 5.67. The third-order valence-corrected chi connectivity index (χ3v) is 4.25. The van der Waals surface area contributed by atoms with E-state index < -0.39 is 5.97 Å². The van der Waals surface area contributed by atoms with E-state index in [0.29, 0.717) is 40.1 Å². The van der Waals surface area contributed by atoms with Crippen molar-refractivity contribution in [3.8, 4) is 11.1 Å². The van der Waals surface area contributed by atoms with E-state index in [9.17, 15) is 25.2 Å². The molecule has 10 heteroatoms. The lowest BCUT2D eigenvalue weighted by molar-refractivity contribution is -0.191. The molecule has 0 aliphatic carbocycles. The summed E-state index contributed by atoms with van der Waals surface area (Å²) in [5, 5.41) is 41.0. The highest BCUT2D eigenvalue weighted by atomic mass is 35.5. The van der Waals surface area contributed by atoms with Crippen molar-refractivity contribution in [1.29, 1.82) is 0 Å². The molecule has 2 rings (SSSR count). The molecule has 1 heterocycles. The SMILES string of the molecule is CNCc1[nH]c(C(=O)O)c(Cl)c1-c1ccc(CO)c(CO)c1CO.O=C=O. The summed E-state index contributed by atoms with van der Waals surface area (Å²) in [6.07, 6.45) is 0.250. The van der Waals surface area contributed by atoms with Crippen LogP contribution in [0.25, 0.3) is 11.1 Å². The molecule has 1 aromatic carbocycles. The summed E-state index contributed by atoms with van der Waals surface area (Å²) in [4.78, 5) is 30.4. The van der Waals surface area contributed by atoms with E-state index in [0.717, 1.165) is 0 Å². The minimum Gasteiger partial charge on any atom is -0.477 e. The zero-order chi connectivity index (χ0) is 20.6. The molecule has 0 atom stereocenters. The predicted octanol–water partition coefficient (Wildman–Crippen LogP) is 0.646. The van der Waals surface area contributed by atoms with E-state index in [2.05, 4.69) is 10.3 Å². The molecule has 0 saturated heterocycles. The number of carbonyl (C=O) groups is 1. The van der Waals surface area contributed by atoms with Crippen LogP contribution in [-0.4, -0.2) is 44.6 Å². The van der Waals surface area contributed by atoms with Gasteiger partial charge in [-0.15, -0.1) is 0 Å². The van der Waals surface area contributed by atoms with Crippen LogP contribution in [0.4, 0.5) is 0 Å². The molecule has 0 amide bonds. The van der Waals surface area contributed by atoms with Crippen molar-refractivity contribution < 1.29 is 34.8 Å². The Morgan fingerprint density at radius 2 is 1.74 bits per heavy atom. The summed E-state index contributed by atoms with van der Waals surface area (Å²) in [6.45, 7) is -0.700. The first-order valence-electron chi connectivity index (χ1n) is 7.65. The van der Waals surface area contributed by atoms with Crippen LogP contribution in [0.5, 0.6) is 0 Å². The van der Waals surface area contributed by atoms with Crippen molar-refractivity contribution in [3.63, 3.8) is 0 Å². The lowest BCUT2D eigenvalue weighted by Crippen LogP contribution is -2.08. The van der Waals surface area contributed by atoms with Crippen molar-refractivity contribution in [2.75, 3.05) is 7.05 Å². The maximum Gasteiger partial charge on any atom is 0.373 e. The fraction of sp³-hybridized carbons (Fsp3) is 0.294. The van der Waals surface area contributed by atoms with Gasteiger partial charge in [-0.05, 0) is 29.3 Å². The fourth-order valence-corrected chi connectivity index (χ4v) is 3.11. The normalized spacial score (nSPS) is 10.1. The van der Waals surface area contributed by atoms with Gasteiger partial charge in [0, 0.05) is 17.8 Å². The van der Waals surface area contributed by atoms with Crippen LogP contribution in [0, 0.1) is 0 Å². The Morgan fingerprint density at radius 3 is 2.19 bits per heavy atom. The number of H-pyrrole nitrogens is 1. The molecule has 146 valence electrons. The molecule has 0 unspecified atom stereocenters. The van der Waals surface area contributed by atoms with Gasteiger partial charge in [0.2, 0.25) is 0 Å². The van der Waals surface area contributed by atoms with E-state index in [1.165, 1.54) is 0 Å². The highest BCUT2D eigenvalue weighted by molar-refractivity contribution is 6.36. The zero-order valence-corrected chi connectivity index (χ0v) is 15.1. The molecular weight excluding hydrogens is 380 g/mol. The number of rotatable bonds is 7. The quantitative estimate of drug-likeness (QED) is 0.396. The number of carboxylic acids is 1. The second-order valence-electron chi connectivity index (χ2n) is 5.29. The number of hydrogen-bond acceptors (Lipinski definition) is 7. The summed E-state index contributed by atoms with van der Waals surface area (Å²) in [7, 11) is 1.71. The Bertz CT molecular complexity index is 842. The third-order valence-electron chi connectivity index (χ3n) is 3.87. The van der Waals surface area contributed by atoms with Gasteiger partial charge in [-0.3, -0.25) is 0 Å². The monoisotopic (exact) mass is 398 g/mol. The van der Waals surface area contributed by atoms with Gasteiger partial charge in [-0.25, -0.2) is 4.79 Å². The number of benzene rings is 1. The van der Waals surface area contributed by atoms with Crippen molar-refractivity contribution in [2.24, 2.45) is 0 Å². The number of carbonyl (C=O) groups excluding carboxylic acids is 2. The first kappa shape index (κ1) is 22.5. The highest BCUT2D eigenvalue weighted by Gasteiger charge is 2.24. The van der Waals surface area contributed by atoms with Crippen LogP contribution in [0.15, 0.2) is 12.1 Å². The van der Waals surface area contributed by atoms with E-state index in [1.54, 1.807) is 19.2 Å². The Hall–Kier alpha value is -2.52. The first-order valence-corrected chi connectivity index (χ1v) is 8.03. The molecule has 0 saturated carbocycles. The maximum atomic E-state index is 11.3. The van der Waals surface area contributed by atoms with Gasteiger partial charge >= 0.3 is 12.1 Å². The highest BCUT2D eigenvalue weighted by Crippen LogP contribution is 2.38. The van der Waals surface area contributed by atoms with Crippen LogP contribution in [0.2, 0.25) is 5.02 Å². The van der Waals surface area contributed by atoms with E-state index in [-0.39, 0.29) is 36.7 Å². The predicted molar refractivity (Wildman–Crippen MR) is 93.7 cm³/mol. The number of carboxylic acid groups (broad SMARTS) is 1. The molecule has 0 bridgehead atoms. The van der Waals surface area contributed by atoms with E-state index >= 15 is 0 Å². The molecule has 9 nitrogen and oxygen atoms in total. The van der Waals surface area contributed by atoms with Crippen LogP contribution >= 0.6 is 11.6 Å². The van der Waals surface area contributed by atoms with Crippen molar-refractivity contribution >= 4 is 23.7 Å². The first-order chi connectivity index (χ1) is 12.9. The topological polar surface area (TPSA) is 160 Å². The lowest BCUT2D eigenvalue weighted by Gasteiger charge is -2.16. The Morgan fingerprint density at radius 1 is 1.15 bits per heavy atom. The summed E-state index contributed by atoms with van der Waals surface area (Å²) in [6, 6.07) is 3.27. The van der Waals surface area contributed by atoms with Gasteiger partial charge in [-0.2, -0.15) is 9.59 Å². The van der Waals surface area contributed by atoms with Crippen molar-refractivity contribution in [2.45, 2.75) is 26.4 Å². The van der Waals surface area contributed by atoms with E-state index in [4.69, 9.17) is 21.2 Å². The molecule has 1 aromatic heterocycles.